The second-order valence-electron chi connectivity index (χ2n) is 5.25. The van der Waals surface area contributed by atoms with Crippen molar-refractivity contribution < 1.29 is 9.32 Å². The molecule has 21 heavy (non-hydrogen) atoms. The minimum atomic E-state index is -0.283. The number of aromatic nitrogens is 1. The monoisotopic (exact) mass is 324 g/mol. The van der Waals surface area contributed by atoms with Crippen molar-refractivity contribution in [3.63, 3.8) is 0 Å². The summed E-state index contributed by atoms with van der Waals surface area (Å²) in [4.78, 5) is 12.2. The van der Waals surface area contributed by atoms with Crippen molar-refractivity contribution in [3.05, 3.63) is 51.3 Å². The lowest BCUT2D eigenvalue weighted by Crippen LogP contribution is -2.27. The molecule has 110 valence electrons. The molecule has 1 saturated carbocycles. The van der Waals surface area contributed by atoms with E-state index in [9.17, 15) is 4.79 Å². The predicted octanol–water partition coefficient (Wildman–Crippen LogP) is 4.35. The Bertz CT molecular complexity index is 680. The van der Waals surface area contributed by atoms with Gasteiger partial charge in [-0.25, -0.2) is 0 Å². The number of carbonyl (C=O) groups excluding carboxylic acids is 1. The van der Waals surface area contributed by atoms with Crippen LogP contribution in [0.25, 0.3) is 0 Å². The Morgan fingerprint density at radius 3 is 2.86 bits per heavy atom. The SMILES string of the molecule is CC(NC(=O)c1cc(C2CC2)on1)c1cc(Cl)ccc1Cl. The van der Waals surface area contributed by atoms with E-state index in [1.165, 1.54) is 0 Å². The summed E-state index contributed by atoms with van der Waals surface area (Å²) >= 11 is 12.1. The van der Waals surface area contributed by atoms with Gasteiger partial charge in [0.15, 0.2) is 5.69 Å². The standard InChI is InChI=1S/C15H14Cl2N2O2/c1-8(11-6-10(16)4-5-12(11)17)18-15(20)13-7-14(21-19-13)9-2-3-9/h4-9H,2-3H2,1H3,(H,18,20). The van der Waals surface area contributed by atoms with E-state index in [0.29, 0.717) is 21.7 Å². The molecule has 0 saturated heterocycles. The summed E-state index contributed by atoms with van der Waals surface area (Å²) in [7, 11) is 0. The summed E-state index contributed by atoms with van der Waals surface area (Å²) in [6.45, 7) is 1.84. The molecule has 0 bridgehead atoms. The summed E-state index contributed by atoms with van der Waals surface area (Å²) in [6, 6.07) is 6.60. The average molecular weight is 325 g/mol. The van der Waals surface area contributed by atoms with Crippen LogP contribution in [0.2, 0.25) is 10.0 Å². The van der Waals surface area contributed by atoms with E-state index in [1.54, 1.807) is 24.3 Å². The fourth-order valence-electron chi connectivity index (χ4n) is 2.15. The summed E-state index contributed by atoms with van der Waals surface area (Å²) < 4.78 is 5.18. The predicted molar refractivity (Wildman–Crippen MR) is 80.8 cm³/mol. The van der Waals surface area contributed by atoms with Gasteiger partial charge in [-0.3, -0.25) is 4.79 Å². The smallest absolute Gasteiger partial charge is 0.273 e. The van der Waals surface area contributed by atoms with Gasteiger partial charge in [-0.1, -0.05) is 28.4 Å². The summed E-state index contributed by atoms with van der Waals surface area (Å²) in [5, 5.41) is 7.80. The van der Waals surface area contributed by atoms with Crippen molar-refractivity contribution in [2.45, 2.75) is 31.7 Å². The van der Waals surface area contributed by atoms with Crippen LogP contribution in [0.15, 0.2) is 28.8 Å². The number of benzene rings is 1. The van der Waals surface area contributed by atoms with E-state index < -0.39 is 0 Å². The molecule has 1 aromatic carbocycles. The molecular weight excluding hydrogens is 311 g/mol. The zero-order chi connectivity index (χ0) is 15.0. The van der Waals surface area contributed by atoms with Gasteiger partial charge in [0.1, 0.15) is 5.76 Å². The van der Waals surface area contributed by atoms with E-state index in [0.717, 1.165) is 24.2 Å². The molecule has 0 spiro atoms. The van der Waals surface area contributed by atoms with Crippen molar-refractivity contribution in [3.8, 4) is 0 Å². The van der Waals surface area contributed by atoms with Gasteiger partial charge in [0.2, 0.25) is 0 Å². The second kappa shape index (κ2) is 5.70. The number of carbonyl (C=O) groups is 1. The maximum absolute atomic E-state index is 12.2. The van der Waals surface area contributed by atoms with E-state index >= 15 is 0 Å². The first-order valence-electron chi connectivity index (χ1n) is 6.77. The third-order valence-electron chi connectivity index (χ3n) is 3.51. The molecule has 0 radical (unpaired) electrons. The first-order chi connectivity index (χ1) is 10.0. The van der Waals surface area contributed by atoms with Crippen LogP contribution in [-0.4, -0.2) is 11.1 Å². The molecule has 0 aliphatic heterocycles. The minimum absolute atomic E-state index is 0.273. The Hall–Kier alpha value is -1.52. The molecule has 1 N–H and O–H groups in total. The van der Waals surface area contributed by atoms with Crippen LogP contribution in [-0.2, 0) is 0 Å². The van der Waals surface area contributed by atoms with Gasteiger partial charge in [-0.15, -0.1) is 0 Å². The number of nitrogens with zero attached hydrogens (tertiary/aromatic N) is 1. The lowest BCUT2D eigenvalue weighted by Gasteiger charge is -2.15. The number of hydrogen-bond donors (Lipinski definition) is 1. The highest BCUT2D eigenvalue weighted by Crippen LogP contribution is 2.40. The zero-order valence-corrected chi connectivity index (χ0v) is 12.9. The second-order valence-corrected chi connectivity index (χ2v) is 6.09. The van der Waals surface area contributed by atoms with Gasteiger partial charge in [0, 0.05) is 22.0 Å². The molecule has 1 aromatic heterocycles. The average Bonchev–Trinajstić information content (AvgIpc) is 3.18. The number of halogens is 2. The molecule has 6 heteroatoms. The Morgan fingerprint density at radius 2 is 2.14 bits per heavy atom. The third-order valence-corrected chi connectivity index (χ3v) is 4.09. The maximum atomic E-state index is 12.2. The molecule has 1 aliphatic rings. The lowest BCUT2D eigenvalue weighted by molar-refractivity contribution is 0.0930. The first kappa shape index (κ1) is 14.4. The summed E-state index contributed by atoms with van der Waals surface area (Å²) in [5.41, 5.74) is 1.06. The van der Waals surface area contributed by atoms with Gasteiger partial charge >= 0.3 is 0 Å². The van der Waals surface area contributed by atoms with Gasteiger partial charge in [-0.05, 0) is 43.5 Å². The molecule has 3 rings (SSSR count). The molecule has 1 amide bonds. The van der Waals surface area contributed by atoms with E-state index in [1.807, 2.05) is 6.92 Å². The highest BCUT2D eigenvalue weighted by molar-refractivity contribution is 6.33. The van der Waals surface area contributed by atoms with E-state index in [-0.39, 0.29) is 11.9 Å². The number of amides is 1. The van der Waals surface area contributed by atoms with Gasteiger partial charge in [-0.2, -0.15) is 0 Å². The minimum Gasteiger partial charge on any atom is -0.360 e. The molecule has 1 unspecified atom stereocenters. The summed E-state index contributed by atoms with van der Waals surface area (Å²) in [5.74, 6) is 0.932. The number of rotatable bonds is 4. The van der Waals surface area contributed by atoms with Crippen molar-refractivity contribution >= 4 is 29.1 Å². The van der Waals surface area contributed by atoms with Crippen LogP contribution >= 0.6 is 23.2 Å². The molecule has 1 fully saturated rings. The molecule has 1 aliphatic carbocycles. The van der Waals surface area contributed by atoms with Crippen LogP contribution < -0.4 is 5.32 Å². The topological polar surface area (TPSA) is 55.1 Å². The highest BCUT2D eigenvalue weighted by Gasteiger charge is 2.29. The fourth-order valence-corrected chi connectivity index (χ4v) is 2.61. The first-order valence-corrected chi connectivity index (χ1v) is 7.52. The Kier molecular flexibility index (Phi) is 3.91. The van der Waals surface area contributed by atoms with Crippen LogP contribution in [0.5, 0.6) is 0 Å². The number of nitrogens with one attached hydrogen (secondary N) is 1. The van der Waals surface area contributed by atoms with Crippen molar-refractivity contribution in [1.29, 1.82) is 0 Å². The Labute approximate surface area is 132 Å². The van der Waals surface area contributed by atoms with Crippen LogP contribution in [0, 0.1) is 0 Å². The van der Waals surface area contributed by atoms with Gasteiger partial charge in [0.05, 0.1) is 6.04 Å². The molecule has 2 aromatic rings. The molecule has 1 heterocycles. The molecule has 4 nitrogen and oxygen atoms in total. The fraction of sp³-hybridized carbons (Fsp3) is 0.333. The quantitative estimate of drug-likeness (QED) is 0.909. The zero-order valence-electron chi connectivity index (χ0n) is 11.4. The van der Waals surface area contributed by atoms with Crippen LogP contribution in [0.3, 0.4) is 0 Å². The molecular formula is C15H14Cl2N2O2. The third kappa shape index (κ3) is 3.22. The van der Waals surface area contributed by atoms with Gasteiger partial charge in [0.25, 0.3) is 5.91 Å². The Morgan fingerprint density at radius 1 is 1.38 bits per heavy atom. The van der Waals surface area contributed by atoms with E-state index in [2.05, 4.69) is 10.5 Å². The largest absolute Gasteiger partial charge is 0.360 e. The van der Waals surface area contributed by atoms with Crippen LogP contribution in [0.1, 0.15) is 53.5 Å². The number of hydrogen-bond acceptors (Lipinski definition) is 3. The van der Waals surface area contributed by atoms with Crippen molar-refractivity contribution in [2.24, 2.45) is 0 Å². The van der Waals surface area contributed by atoms with E-state index in [4.69, 9.17) is 27.7 Å². The van der Waals surface area contributed by atoms with Gasteiger partial charge < -0.3 is 9.84 Å². The lowest BCUT2D eigenvalue weighted by atomic mass is 10.1. The highest BCUT2D eigenvalue weighted by atomic mass is 35.5. The molecule has 1 atom stereocenters. The normalized spacial score (nSPS) is 15.8. The maximum Gasteiger partial charge on any atom is 0.273 e. The van der Waals surface area contributed by atoms with Crippen molar-refractivity contribution in [1.82, 2.24) is 10.5 Å². The Balaban J connectivity index is 1.72. The summed E-state index contributed by atoms with van der Waals surface area (Å²) in [6.07, 6.45) is 2.20. The van der Waals surface area contributed by atoms with Crippen LogP contribution in [0.4, 0.5) is 0 Å². The van der Waals surface area contributed by atoms with Crippen molar-refractivity contribution in [2.75, 3.05) is 0 Å².